The van der Waals surface area contributed by atoms with Gasteiger partial charge in [-0.15, -0.1) is 11.8 Å². The van der Waals surface area contributed by atoms with Crippen molar-refractivity contribution in [2.24, 2.45) is 0 Å². The maximum Gasteiger partial charge on any atom is 0.0705 e. The van der Waals surface area contributed by atoms with Gasteiger partial charge < -0.3 is 5.11 Å². The average molecular weight is 284 g/mol. The quantitative estimate of drug-likeness (QED) is 0.919. The Morgan fingerprint density at radius 2 is 1.80 bits per heavy atom. The van der Waals surface area contributed by atoms with Crippen LogP contribution in [0, 0.1) is 0 Å². The zero-order chi connectivity index (χ0) is 13.9. The van der Waals surface area contributed by atoms with E-state index in [2.05, 4.69) is 55.5 Å². The summed E-state index contributed by atoms with van der Waals surface area (Å²) >= 11 is 1.82. The molecule has 2 heteroatoms. The molecule has 0 bridgehead atoms. The van der Waals surface area contributed by atoms with E-state index in [0.29, 0.717) is 5.25 Å². The Hall–Kier alpha value is -1.25. The molecule has 2 aromatic carbocycles. The minimum absolute atomic E-state index is 0.278. The molecule has 104 valence electrons. The maximum atomic E-state index is 10.5. The Balaban J connectivity index is 1.64. The van der Waals surface area contributed by atoms with Gasteiger partial charge in [0, 0.05) is 10.1 Å². The monoisotopic (exact) mass is 284 g/mol. The van der Waals surface area contributed by atoms with E-state index in [9.17, 15) is 5.11 Å². The lowest BCUT2D eigenvalue weighted by Crippen LogP contribution is -2.24. The van der Waals surface area contributed by atoms with Gasteiger partial charge in [-0.25, -0.2) is 0 Å². The van der Waals surface area contributed by atoms with Gasteiger partial charge in [0.25, 0.3) is 0 Å². The van der Waals surface area contributed by atoms with Crippen molar-refractivity contribution in [2.45, 2.75) is 42.4 Å². The number of hydrogen-bond acceptors (Lipinski definition) is 2. The first-order valence-corrected chi connectivity index (χ1v) is 8.14. The van der Waals surface area contributed by atoms with E-state index in [1.165, 1.54) is 21.6 Å². The molecule has 2 atom stereocenters. The molecule has 20 heavy (non-hydrogen) atoms. The van der Waals surface area contributed by atoms with Crippen molar-refractivity contribution in [1.82, 2.24) is 0 Å². The molecule has 0 spiro atoms. The van der Waals surface area contributed by atoms with Crippen molar-refractivity contribution in [3.05, 3.63) is 65.2 Å². The van der Waals surface area contributed by atoms with Crippen molar-refractivity contribution in [3.63, 3.8) is 0 Å². The summed E-state index contributed by atoms with van der Waals surface area (Å²) in [7, 11) is 0. The summed E-state index contributed by atoms with van der Waals surface area (Å²) in [5.74, 6) is 0. The number of fused-ring (bicyclic) bond motifs is 1. The van der Waals surface area contributed by atoms with Crippen LogP contribution >= 0.6 is 11.8 Å². The summed E-state index contributed by atoms with van der Waals surface area (Å²) in [6.45, 7) is 2.16. The maximum absolute atomic E-state index is 10.5. The van der Waals surface area contributed by atoms with Crippen LogP contribution in [0.15, 0.2) is 53.4 Å². The highest BCUT2D eigenvalue weighted by Crippen LogP contribution is 2.38. The van der Waals surface area contributed by atoms with Gasteiger partial charge in [-0.2, -0.15) is 0 Å². The first-order chi connectivity index (χ1) is 9.76. The number of rotatable bonds is 4. The number of thioether (sulfide) groups is 1. The van der Waals surface area contributed by atoms with Crippen LogP contribution in [-0.2, 0) is 19.3 Å². The summed E-state index contributed by atoms with van der Waals surface area (Å²) in [4.78, 5) is 1.33. The summed E-state index contributed by atoms with van der Waals surface area (Å²) in [6.07, 6.45) is 2.52. The molecule has 2 unspecified atom stereocenters. The van der Waals surface area contributed by atoms with E-state index >= 15 is 0 Å². The minimum Gasteiger partial charge on any atom is -0.392 e. The third-order valence-electron chi connectivity index (χ3n) is 3.98. The van der Waals surface area contributed by atoms with Crippen molar-refractivity contribution in [3.8, 4) is 0 Å². The van der Waals surface area contributed by atoms with Gasteiger partial charge in [0.05, 0.1) is 6.10 Å². The van der Waals surface area contributed by atoms with Crippen molar-refractivity contribution in [2.75, 3.05) is 0 Å². The van der Waals surface area contributed by atoms with E-state index in [-0.39, 0.29) is 6.10 Å². The van der Waals surface area contributed by atoms with Crippen molar-refractivity contribution in [1.29, 1.82) is 0 Å². The molecular formula is C18H20OS. The first kappa shape index (κ1) is 13.7. The van der Waals surface area contributed by atoms with Crippen LogP contribution in [0.1, 0.15) is 23.6 Å². The zero-order valence-electron chi connectivity index (χ0n) is 11.8. The van der Waals surface area contributed by atoms with E-state index < -0.39 is 0 Å². The molecule has 0 aliphatic carbocycles. The van der Waals surface area contributed by atoms with Gasteiger partial charge in [0.1, 0.15) is 0 Å². The summed E-state index contributed by atoms with van der Waals surface area (Å²) in [5.41, 5.74) is 3.96. The lowest BCUT2D eigenvalue weighted by Gasteiger charge is -2.17. The van der Waals surface area contributed by atoms with Gasteiger partial charge in [-0.3, -0.25) is 0 Å². The van der Waals surface area contributed by atoms with Gasteiger partial charge in [-0.1, -0.05) is 49.4 Å². The summed E-state index contributed by atoms with van der Waals surface area (Å²) in [5, 5.41) is 10.8. The molecule has 0 amide bonds. The molecule has 3 rings (SSSR count). The highest BCUT2D eigenvalue weighted by atomic mass is 32.2. The molecular weight excluding hydrogens is 264 g/mol. The second-order valence-electron chi connectivity index (χ2n) is 5.41. The number of aliphatic hydroxyl groups is 1. The van der Waals surface area contributed by atoms with Gasteiger partial charge in [-0.05, 0) is 42.0 Å². The normalized spacial score (nSPS) is 18.8. The van der Waals surface area contributed by atoms with Gasteiger partial charge in [0.15, 0.2) is 0 Å². The number of aryl methyl sites for hydroxylation is 1. The smallest absolute Gasteiger partial charge is 0.0705 e. The standard InChI is InChI=1S/C18H20OS/c1-2-13-7-9-14(10-8-13)11-16(19)18-12-15-5-3-4-6-17(15)20-18/h3-10,16,18-19H,2,11-12H2,1H3. The van der Waals surface area contributed by atoms with Crippen LogP contribution in [0.5, 0.6) is 0 Å². The molecule has 0 saturated carbocycles. The molecule has 0 aromatic heterocycles. The Morgan fingerprint density at radius 3 is 2.50 bits per heavy atom. The number of benzene rings is 2. The second kappa shape index (κ2) is 6.02. The number of aliphatic hydroxyl groups excluding tert-OH is 1. The van der Waals surface area contributed by atoms with E-state index in [1.54, 1.807) is 0 Å². The SMILES string of the molecule is CCc1ccc(CC(O)C2Cc3ccccc3S2)cc1. The lowest BCUT2D eigenvalue weighted by atomic mass is 10.00. The average Bonchev–Trinajstić information content (AvgIpc) is 2.92. The van der Waals surface area contributed by atoms with Crippen molar-refractivity contribution >= 4 is 11.8 Å². The number of hydrogen-bond donors (Lipinski definition) is 1. The Morgan fingerprint density at radius 1 is 1.10 bits per heavy atom. The molecule has 0 radical (unpaired) electrons. The third-order valence-corrected chi connectivity index (χ3v) is 5.41. The van der Waals surface area contributed by atoms with Gasteiger partial charge >= 0.3 is 0 Å². The molecule has 1 aliphatic heterocycles. The fourth-order valence-corrected chi connectivity index (χ4v) is 4.01. The Kier molecular flexibility index (Phi) is 4.13. The van der Waals surface area contributed by atoms with E-state index in [4.69, 9.17) is 0 Å². The molecule has 0 saturated heterocycles. The molecule has 1 heterocycles. The lowest BCUT2D eigenvalue weighted by molar-refractivity contribution is 0.172. The molecule has 1 N–H and O–H groups in total. The third kappa shape index (κ3) is 2.92. The Labute approximate surface area is 125 Å². The molecule has 1 nitrogen and oxygen atoms in total. The summed E-state index contributed by atoms with van der Waals surface area (Å²) < 4.78 is 0. The summed E-state index contributed by atoms with van der Waals surface area (Å²) in [6, 6.07) is 17.1. The van der Waals surface area contributed by atoms with Gasteiger partial charge in [0.2, 0.25) is 0 Å². The van der Waals surface area contributed by atoms with E-state index in [0.717, 1.165) is 19.3 Å². The Bertz CT molecular complexity index is 551. The highest BCUT2D eigenvalue weighted by molar-refractivity contribution is 8.00. The van der Waals surface area contributed by atoms with Crippen LogP contribution in [0.2, 0.25) is 0 Å². The van der Waals surface area contributed by atoms with Crippen LogP contribution in [0.3, 0.4) is 0 Å². The fraction of sp³-hybridized carbons (Fsp3) is 0.333. The topological polar surface area (TPSA) is 20.2 Å². The fourth-order valence-electron chi connectivity index (χ4n) is 2.71. The van der Waals surface area contributed by atoms with Crippen LogP contribution < -0.4 is 0 Å². The molecule has 0 fully saturated rings. The predicted octanol–water partition coefficient (Wildman–Crippen LogP) is 3.87. The van der Waals surface area contributed by atoms with E-state index in [1.807, 2.05) is 11.8 Å². The zero-order valence-corrected chi connectivity index (χ0v) is 12.6. The highest BCUT2D eigenvalue weighted by Gasteiger charge is 2.27. The minimum atomic E-state index is -0.278. The van der Waals surface area contributed by atoms with Crippen LogP contribution in [0.25, 0.3) is 0 Å². The molecule has 1 aliphatic rings. The van der Waals surface area contributed by atoms with Crippen molar-refractivity contribution < 1.29 is 5.11 Å². The first-order valence-electron chi connectivity index (χ1n) is 7.26. The molecule has 2 aromatic rings. The van der Waals surface area contributed by atoms with Crippen LogP contribution in [0.4, 0.5) is 0 Å². The van der Waals surface area contributed by atoms with Crippen LogP contribution in [-0.4, -0.2) is 16.5 Å². The predicted molar refractivity (Wildman–Crippen MR) is 85.3 cm³/mol. The largest absolute Gasteiger partial charge is 0.392 e. The second-order valence-corrected chi connectivity index (χ2v) is 6.69.